The van der Waals surface area contributed by atoms with Gasteiger partial charge in [0, 0.05) is 12.7 Å². The third-order valence-corrected chi connectivity index (χ3v) is 2.79. The maximum atomic E-state index is 11.7. The molecule has 0 bridgehead atoms. The zero-order chi connectivity index (χ0) is 11.9. The second kappa shape index (κ2) is 3.47. The van der Waals surface area contributed by atoms with Gasteiger partial charge in [0.15, 0.2) is 5.65 Å². The normalized spacial score (nSPS) is 12.2. The molecule has 0 unspecified atom stereocenters. The fourth-order valence-electron chi connectivity index (χ4n) is 2.00. The monoisotopic (exact) mass is 219 g/mol. The van der Waals surface area contributed by atoms with Crippen molar-refractivity contribution in [1.29, 1.82) is 0 Å². The van der Waals surface area contributed by atoms with Gasteiger partial charge in [-0.1, -0.05) is 20.8 Å². The number of hydrogen-bond donors (Lipinski definition) is 1. The van der Waals surface area contributed by atoms with Gasteiger partial charge in [0.05, 0.1) is 5.52 Å². The van der Waals surface area contributed by atoms with E-state index in [2.05, 4.69) is 30.7 Å². The molecule has 0 aliphatic heterocycles. The number of aromatic amines is 1. The predicted molar refractivity (Wildman–Crippen MR) is 64.7 cm³/mol. The van der Waals surface area contributed by atoms with E-state index in [1.807, 2.05) is 13.0 Å². The van der Waals surface area contributed by atoms with Crippen molar-refractivity contribution in [2.24, 2.45) is 0 Å². The highest BCUT2D eigenvalue weighted by Crippen LogP contribution is 2.27. The second-order valence-electron chi connectivity index (χ2n) is 4.98. The van der Waals surface area contributed by atoms with Crippen molar-refractivity contribution >= 4 is 11.2 Å². The van der Waals surface area contributed by atoms with Crippen LogP contribution in [0.25, 0.3) is 11.2 Å². The predicted octanol–water partition coefficient (Wildman–Crippen LogP) is 2.04. The fraction of sp³-hybridized carbons (Fsp3) is 0.500. The van der Waals surface area contributed by atoms with Crippen molar-refractivity contribution in [3.05, 3.63) is 28.3 Å². The van der Waals surface area contributed by atoms with Crippen molar-refractivity contribution in [1.82, 2.24) is 14.5 Å². The molecule has 2 rings (SSSR count). The second-order valence-corrected chi connectivity index (χ2v) is 4.98. The molecule has 0 spiro atoms. The van der Waals surface area contributed by atoms with Gasteiger partial charge in [-0.05, 0) is 24.0 Å². The maximum Gasteiger partial charge on any atom is 0.327 e. The Morgan fingerprint density at radius 3 is 2.69 bits per heavy atom. The van der Waals surface area contributed by atoms with E-state index < -0.39 is 0 Å². The topological polar surface area (TPSA) is 50.7 Å². The Kier molecular flexibility index (Phi) is 2.37. The molecule has 4 nitrogen and oxygen atoms in total. The summed E-state index contributed by atoms with van der Waals surface area (Å²) in [6.07, 6.45) is 1.75. The average Bonchev–Trinajstić information content (AvgIpc) is 2.51. The first-order chi connectivity index (χ1) is 7.45. The lowest BCUT2D eigenvalue weighted by Gasteiger charge is -2.20. The van der Waals surface area contributed by atoms with Crippen LogP contribution in [0, 0.1) is 0 Å². The molecule has 0 radical (unpaired) electrons. The van der Waals surface area contributed by atoms with Crippen molar-refractivity contribution in [2.45, 2.75) is 39.7 Å². The number of aromatic nitrogens is 3. The lowest BCUT2D eigenvalue weighted by molar-refractivity contribution is 0.589. The van der Waals surface area contributed by atoms with E-state index >= 15 is 0 Å². The maximum absolute atomic E-state index is 11.7. The third kappa shape index (κ3) is 1.54. The molecule has 0 fully saturated rings. The number of H-pyrrole nitrogens is 1. The van der Waals surface area contributed by atoms with E-state index in [4.69, 9.17) is 0 Å². The Hall–Kier alpha value is -1.58. The van der Waals surface area contributed by atoms with Crippen LogP contribution in [0.3, 0.4) is 0 Å². The number of pyridine rings is 1. The van der Waals surface area contributed by atoms with Crippen LogP contribution in [0.4, 0.5) is 0 Å². The number of aryl methyl sites for hydroxylation is 1. The molecule has 86 valence electrons. The summed E-state index contributed by atoms with van der Waals surface area (Å²) in [6, 6.07) is 1.99. The standard InChI is InChI=1S/C12H17N3O/c1-5-15-9-8(12(2,3)4)6-7-13-10(9)14-11(15)16/h6-7H,5H2,1-4H3,(H,13,14,16). The summed E-state index contributed by atoms with van der Waals surface area (Å²) in [5, 5.41) is 0. The molecule has 0 saturated carbocycles. The van der Waals surface area contributed by atoms with Gasteiger partial charge in [-0.15, -0.1) is 0 Å². The number of hydrogen-bond acceptors (Lipinski definition) is 2. The molecule has 0 aliphatic rings. The lowest BCUT2D eigenvalue weighted by Crippen LogP contribution is -2.18. The Labute approximate surface area is 94.3 Å². The number of rotatable bonds is 1. The van der Waals surface area contributed by atoms with E-state index in [0.29, 0.717) is 12.2 Å². The first kappa shape index (κ1) is 10.9. The van der Waals surface area contributed by atoms with Gasteiger partial charge in [0.25, 0.3) is 0 Å². The van der Waals surface area contributed by atoms with E-state index in [1.54, 1.807) is 10.8 Å². The number of imidazole rings is 1. The minimum atomic E-state index is -0.0818. The summed E-state index contributed by atoms with van der Waals surface area (Å²) in [6.45, 7) is 9.04. The van der Waals surface area contributed by atoms with Crippen LogP contribution in [0.2, 0.25) is 0 Å². The molecule has 2 aromatic heterocycles. The van der Waals surface area contributed by atoms with Gasteiger partial charge in [-0.25, -0.2) is 9.78 Å². The summed E-state index contributed by atoms with van der Waals surface area (Å²) in [5.41, 5.74) is 2.69. The molecule has 0 aliphatic carbocycles. The average molecular weight is 219 g/mol. The minimum Gasteiger partial charge on any atom is -0.290 e. The van der Waals surface area contributed by atoms with E-state index in [1.165, 1.54) is 0 Å². The quantitative estimate of drug-likeness (QED) is 0.798. The summed E-state index contributed by atoms with van der Waals surface area (Å²) < 4.78 is 1.74. The lowest BCUT2D eigenvalue weighted by atomic mass is 9.87. The molecule has 16 heavy (non-hydrogen) atoms. The molecule has 4 heteroatoms. The highest BCUT2D eigenvalue weighted by atomic mass is 16.1. The zero-order valence-corrected chi connectivity index (χ0v) is 10.2. The highest BCUT2D eigenvalue weighted by molar-refractivity contribution is 5.76. The van der Waals surface area contributed by atoms with Crippen molar-refractivity contribution in [3.8, 4) is 0 Å². The number of fused-ring (bicyclic) bond motifs is 1. The van der Waals surface area contributed by atoms with Gasteiger partial charge < -0.3 is 0 Å². The van der Waals surface area contributed by atoms with Crippen LogP contribution >= 0.6 is 0 Å². The van der Waals surface area contributed by atoms with Gasteiger partial charge in [-0.3, -0.25) is 9.55 Å². The van der Waals surface area contributed by atoms with Crippen LogP contribution in [0.15, 0.2) is 17.1 Å². The zero-order valence-electron chi connectivity index (χ0n) is 10.2. The SMILES string of the molecule is CCn1c(=O)[nH]c2nccc(C(C)(C)C)c21. The third-order valence-electron chi connectivity index (χ3n) is 2.79. The Balaban J connectivity index is 2.90. The van der Waals surface area contributed by atoms with Gasteiger partial charge in [-0.2, -0.15) is 0 Å². The van der Waals surface area contributed by atoms with Crippen molar-refractivity contribution < 1.29 is 0 Å². The Bertz CT molecular complexity index is 572. The van der Waals surface area contributed by atoms with Crippen molar-refractivity contribution in [3.63, 3.8) is 0 Å². The largest absolute Gasteiger partial charge is 0.327 e. The minimum absolute atomic E-state index is 0.00669. The van der Waals surface area contributed by atoms with Gasteiger partial charge >= 0.3 is 5.69 Å². The first-order valence-corrected chi connectivity index (χ1v) is 5.53. The van der Waals surface area contributed by atoms with Crippen LogP contribution in [-0.2, 0) is 12.0 Å². The molecular formula is C12H17N3O. The van der Waals surface area contributed by atoms with Crippen LogP contribution in [-0.4, -0.2) is 14.5 Å². The Morgan fingerprint density at radius 2 is 2.12 bits per heavy atom. The molecule has 0 amide bonds. The summed E-state index contributed by atoms with van der Waals surface area (Å²) >= 11 is 0. The number of nitrogens with zero attached hydrogens (tertiary/aromatic N) is 2. The van der Waals surface area contributed by atoms with E-state index in [0.717, 1.165) is 11.1 Å². The molecular weight excluding hydrogens is 202 g/mol. The van der Waals surface area contributed by atoms with Crippen LogP contribution in [0.5, 0.6) is 0 Å². The molecule has 0 atom stereocenters. The van der Waals surface area contributed by atoms with Crippen LogP contribution < -0.4 is 5.69 Å². The van der Waals surface area contributed by atoms with E-state index in [9.17, 15) is 4.79 Å². The number of nitrogens with one attached hydrogen (secondary N) is 1. The Morgan fingerprint density at radius 1 is 1.44 bits per heavy atom. The summed E-state index contributed by atoms with van der Waals surface area (Å²) in [5.74, 6) is 0. The van der Waals surface area contributed by atoms with Crippen molar-refractivity contribution in [2.75, 3.05) is 0 Å². The molecule has 2 aromatic rings. The van der Waals surface area contributed by atoms with E-state index in [-0.39, 0.29) is 11.1 Å². The highest BCUT2D eigenvalue weighted by Gasteiger charge is 2.20. The van der Waals surface area contributed by atoms with Crippen LogP contribution in [0.1, 0.15) is 33.3 Å². The smallest absolute Gasteiger partial charge is 0.290 e. The molecule has 2 heterocycles. The summed E-state index contributed by atoms with van der Waals surface area (Å²) in [4.78, 5) is 18.7. The molecule has 0 saturated heterocycles. The van der Waals surface area contributed by atoms with Gasteiger partial charge in [0.2, 0.25) is 0 Å². The molecule has 0 aromatic carbocycles. The van der Waals surface area contributed by atoms with Gasteiger partial charge in [0.1, 0.15) is 0 Å². The first-order valence-electron chi connectivity index (χ1n) is 5.53. The summed E-state index contributed by atoms with van der Waals surface area (Å²) in [7, 11) is 0. The molecule has 1 N–H and O–H groups in total. The fourth-order valence-corrected chi connectivity index (χ4v) is 2.00.